The summed E-state index contributed by atoms with van der Waals surface area (Å²) in [6, 6.07) is 3.97. The third-order valence-electron chi connectivity index (χ3n) is 3.44. The molecular formula is C15H23ClN2O3S. The summed E-state index contributed by atoms with van der Waals surface area (Å²) >= 11 is 6.08. The summed E-state index contributed by atoms with van der Waals surface area (Å²) in [5.41, 5.74) is 0.191. The zero-order valence-electron chi connectivity index (χ0n) is 13.6. The van der Waals surface area contributed by atoms with Gasteiger partial charge in [-0.2, -0.15) is 0 Å². The summed E-state index contributed by atoms with van der Waals surface area (Å²) in [5, 5.41) is 0.239. The van der Waals surface area contributed by atoms with E-state index in [0.29, 0.717) is 0 Å². The lowest BCUT2D eigenvalue weighted by Gasteiger charge is -2.24. The van der Waals surface area contributed by atoms with Gasteiger partial charge in [0.15, 0.2) is 0 Å². The van der Waals surface area contributed by atoms with Crippen LogP contribution in [0.15, 0.2) is 23.1 Å². The molecule has 0 radical (unpaired) electrons. The van der Waals surface area contributed by atoms with Crippen molar-refractivity contribution >= 4 is 27.5 Å². The average molecular weight is 347 g/mol. The number of sulfonamides is 1. The predicted octanol–water partition coefficient (Wildman–Crippen LogP) is 2.90. The van der Waals surface area contributed by atoms with E-state index in [1.165, 1.54) is 18.2 Å². The van der Waals surface area contributed by atoms with Crippen molar-refractivity contribution in [2.75, 3.05) is 7.05 Å². The minimum Gasteiger partial charge on any atom is -0.339 e. The van der Waals surface area contributed by atoms with Gasteiger partial charge < -0.3 is 4.90 Å². The first-order chi connectivity index (χ1) is 10.1. The molecule has 0 spiro atoms. The molecule has 0 aliphatic carbocycles. The highest BCUT2D eigenvalue weighted by molar-refractivity contribution is 7.89. The smallest absolute Gasteiger partial charge is 0.255 e. The molecule has 1 unspecified atom stereocenters. The molecule has 5 nitrogen and oxygen atoms in total. The Bertz CT molecular complexity index is 644. The van der Waals surface area contributed by atoms with Crippen LogP contribution in [0.3, 0.4) is 0 Å². The normalized spacial score (nSPS) is 13.2. The highest BCUT2D eigenvalue weighted by atomic mass is 35.5. The van der Waals surface area contributed by atoms with Gasteiger partial charge in [0.25, 0.3) is 5.91 Å². The first-order valence-corrected chi connectivity index (χ1v) is 9.05. The maximum atomic E-state index is 12.5. The lowest BCUT2D eigenvalue weighted by molar-refractivity contribution is 0.0740. The Morgan fingerprint density at radius 3 is 2.41 bits per heavy atom. The van der Waals surface area contributed by atoms with Crippen LogP contribution in [0.2, 0.25) is 5.02 Å². The van der Waals surface area contributed by atoms with Crippen LogP contribution < -0.4 is 4.72 Å². The van der Waals surface area contributed by atoms with Gasteiger partial charge in [0, 0.05) is 19.1 Å². The molecule has 0 bridgehead atoms. The van der Waals surface area contributed by atoms with Crippen molar-refractivity contribution in [3.05, 3.63) is 28.8 Å². The van der Waals surface area contributed by atoms with Crippen LogP contribution in [0, 0.1) is 0 Å². The summed E-state index contributed by atoms with van der Waals surface area (Å²) in [6.07, 6.45) is 0.798. The molecule has 1 rings (SSSR count). The molecule has 1 atom stereocenters. The third-order valence-corrected chi connectivity index (χ3v) is 5.43. The van der Waals surface area contributed by atoms with Gasteiger partial charge >= 0.3 is 0 Å². The van der Waals surface area contributed by atoms with Crippen LogP contribution in [0.25, 0.3) is 0 Å². The van der Waals surface area contributed by atoms with E-state index in [4.69, 9.17) is 11.6 Å². The number of carbonyl (C=O) groups is 1. The van der Waals surface area contributed by atoms with E-state index in [1.54, 1.807) is 25.8 Å². The second-order valence-corrected chi connectivity index (χ2v) is 7.71. The van der Waals surface area contributed by atoms with Crippen molar-refractivity contribution < 1.29 is 13.2 Å². The quantitative estimate of drug-likeness (QED) is 0.861. The SMILES string of the molecule is CCC(C)N(C)C(=O)c1cc(S(=O)(=O)NC(C)C)ccc1Cl. The predicted molar refractivity (Wildman–Crippen MR) is 88.8 cm³/mol. The summed E-state index contributed by atoms with van der Waals surface area (Å²) in [7, 11) is -1.98. The molecule has 0 saturated heterocycles. The number of nitrogens with one attached hydrogen (secondary N) is 1. The molecule has 0 fully saturated rings. The Kier molecular flexibility index (Phi) is 6.40. The maximum Gasteiger partial charge on any atom is 0.255 e. The molecule has 0 aliphatic rings. The minimum absolute atomic E-state index is 0.0338. The molecule has 124 valence electrons. The average Bonchev–Trinajstić information content (AvgIpc) is 2.43. The van der Waals surface area contributed by atoms with E-state index in [2.05, 4.69) is 4.72 Å². The molecule has 0 aliphatic heterocycles. The molecule has 1 aromatic rings. The molecule has 1 N–H and O–H groups in total. The number of carbonyl (C=O) groups excluding carboxylic acids is 1. The molecule has 0 heterocycles. The number of nitrogens with zero attached hydrogens (tertiary/aromatic N) is 1. The second kappa shape index (κ2) is 7.44. The zero-order chi connectivity index (χ0) is 17.1. The third kappa shape index (κ3) is 4.44. The number of benzene rings is 1. The number of halogens is 1. The molecule has 22 heavy (non-hydrogen) atoms. The molecule has 7 heteroatoms. The first kappa shape index (κ1) is 18.9. The lowest BCUT2D eigenvalue weighted by Crippen LogP contribution is -2.35. The largest absolute Gasteiger partial charge is 0.339 e. The summed E-state index contributed by atoms with van der Waals surface area (Å²) in [5.74, 6) is -0.291. The number of rotatable bonds is 6. The van der Waals surface area contributed by atoms with E-state index in [9.17, 15) is 13.2 Å². The van der Waals surface area contributed by atoms with Crippen molar-refractivity contribution in [1.82, 2.24) is 9.62 Å². The van der Waals surface area contributed by atoms with E-state index < -0.39 is 10.0 Å². The second-order valence-electron chi connectivity index (χ2n) is 5.59. The minimum atomic E-state index is -3.66. The van der Waals surface area contributed by atoms with Gasteiger partial charge in [0.1, 0.15) is 0 Å². The number of amides is 1. The van der Waals surface area contributed by atoms with Gasteiger partial charge in [-0.3, -0.25) is 4.79 Å². The van der Waals surface area contributed by atoms with Gasteiger partial charge in [0.2, 0.25) is 10.0 Å². The lowest BCUT2D eigenvalue weighted by atomic mass is 10.1. The Morgan fingerprint density at radius 2 is 1.91 bits per heavy atom. The van der Waals surface area contributed by atoms with E-state index in [1.807, 2.05) is 13.8 Å². The molecule has 0 aromatic heterocycles. The van der Waals surface area contributed by atoms with Crippen LogP contribution in [0.5, 0.6) is 0 Å². The monoisotopic (exact) mass is 346 g/mol. The van der Waals surface area contributed by atoms with Gasteiger partial charge in [-0.15, -0.1) is 0 Å². The van der Waals surface area contributed by atoms with Crippen LogP contribution in [-0.4, -0.2) is 38.4 Å². The fraction of sp³-hybridized carbons (Fsp3) is 0.533. The van der Waals surface area contributed by atoms with E-state index in [-0.39, 0.29) is 33.5 Å². The van der Waals surface area contributed by atoms with Crippen molar-refractivity contribution in [1.29, 1.82) is 0 Å². The highest BCUT2D eigenvalue weighted by Crippen LogP contribution is 2.23. The molecule has 1 amide bonds. The Balaban J connectivity index is 3.23. The first-order valence-electron chi connectivity index (χ1n) is 7.19. The van der Waals surface area contributed by atoms with Crippen molar-refractivity contribution in [2.45, 2.75) is 51.1 Å². The van der Waals surface area contributed by atoms with Gasteiger partial charge in [0.05, 0.1) is 15.5 Å². The van der Waals surface area contributed by atoms with E-state index in [0.717, 1.165) is 6.42 Å². The summed E-state index contributed by atoms with van der Waals surface area (Å²) < 4.78 is 26.9. The van der Waals surface area contributed by atoms with Crippen molar-refractivity contribution in [2.24, 2.45) is 0 Å². The summed E-state index contributed by atoms with van der Waals surface area (Å²) in [4.78, 5) is 14.1. The van der Waals surface area contributed by atoms with Gasteiger partial charge in [-0.05, 0) is 45.4 Å². The van der Waals surface area contributed by atoms with Crippen LogP contribution in [-0.2, 0) is 10.0 Å². The van der Waals surface area contributed by atoms with E-state index >= 15 is 0 Å². The fourth-order valence-corrected chi connectivity index (χ4v) is 3.35. The highest BCUT2D eigenvalue weighted by Gasteiger charge is 2.22. The van der Waals surface area contributed by atoms with Crippen LogP contribution >= 0.6 is 11.6 Å². The molecule has 1 aromatic carbocycles. The Morgan fingerprint density at radius 1 is 1.32 bits per heavy atom. The maximum absolute atomic E-state index is 12.5. The molecular weight excluding hydrogens is 324 g/mol. The topological polar surface area (TPSA) is 66.5 Å². The van der Waals surface area contributed by atoms with Crippen molar-refractivity contribution in [3.8, 4) is 0 Å². The van der Waals surface area contributed by atoms with Crippen LogP contribution in [0.4, 0.5) is 0 Å². The zero-order valence-corrected chi connectivity index (χ0v) is 15.1. The van der Waals surface area contributed by atoms with Gasteiger partial charge in [-0.25, -0.2) is 13.1 Å². The fourth-order valence-electron chi connectivity index (χ4n) is 1.88. The summed E-state index contributed by atoms with van der Waals surface area (Å²) in [6.45, 7) is 7.36. The standard InChI is InChI=1S/C15H23ClN2O3S/c1-6-11(4)18(5)15(19)13-9-12(7-8-14(13)16)22(20,21)17-10(2)3/h7-11,17H,6H2,1-5H3. The Hall–Kier alpha value is -1.11. The number of hydrogen-bond acceptors (Lipinski definition) is 3. The number of hydrogen-bond donors (Lipinski definition) is 1. The van der Waals surface area contributed by atoms with Crippen molar-refractivity contribution in [3.63, 3.8) is 0 Å². The Labute approximate surface area is 137 Å². The molecule has 0 saturated carbocycles. The van der Waals surface area contributed by atoms with Gasteiger partial charge in [-0.1, -0.05) is 18.5 Å². The van der Waals surface area contributed by atoms with Crippen LogP contribution in [0.1, 0.15) is 44.5 Å².